The molecule has 0 amide bonds. The third-order valence-corrected chi connectivity index (χ3v) is 8.58. The summed E-state index contributed by atoms with van der Waals surface area (Å²) in [5.41, 5.74) is 2.87. The van der Waals surface area contributed by atoms with Gasteiger partial charge in [0.15, 0.2) is 0 Å². The number of allylic oxidation sites excluding steroid dienone is 2. The molecule has 0 fully saturated rings. The van der Waals surface area contributed by atoms with E-state index >= 15 is 0 Å². The summed E-state index contributed by atoms with van der Waals surface area (Å²) in [6.45, 7) is 17.7. The van der Waals surface area contributed by atoms with E-state index in [9.17, 15) is 0 Å². The first-order chi connectivity index (χ1) is 18.0. The molecule has 220 valence electrons. The van der Waals surface area contributed by atoms with Gasteiger partial charge in [-0.2, -0.15) is 0 Å². The molecule has 1 unspecified atom stereocenters. The fraction of sp³-hybridized carbons (Fsp3) is 0.892. The van der Waals surface area contributed by atoms with Gasteiger partial charge in [0.05, 0.1) is 0 Å². The number of rotatable bonds is 30. The smallest absolute Gasteiger partial charge is 0.0211 e. The number of unbranched alkanes of at least 4 members (excludes halogenated alkanes) is 20. The van der Waals surface area contributed by atoms with Crippen molar-refractivity contribution in [3.63, 3.8) is 0 Å². The van der Waals surface area contributed by atoms with Gasteiger partial charge in [-0.25, -0.2) is 0 Å². The molecule has 0 aliphatic rings. The lowest BCUT2D eigenvalue weighted by atomic mass is 9.92. The molecule has 0 bridgehead atoms. The fourth-order valence-corrected chi connectivity index (χ4v) is 5.80. The Labute approximate surface area is 236 Å². The highest BCUT2D eigenvalue weighted by Gasteiger charge is 2.06. The maximum atomic E-state index is 4.34. The zero-order valence-electron chi connectivity index (χ0n) is 26.7. The van der Waals surface area contributed by atoms with E-state index in [0.29, 0.717) is 0 Å². The Morgan fingerprint density at radius 1 is 0.459 bits per heavy atom. The van der Waals surface area contributed by atoms with Crippen LogP contribution in [0, 0.1) is 11.8 Å². The maximum Gasteiger partial charge on any atom is -0.0211 e. The lowest BCUT2D eigenvalue weighted by molar-refractivity contribution is 0.498. The molecule has 0 aromatic rings. The van der Waals surface area contributed by atoms with Crippen LogP contribution in [0.5, 0.6) is 0 Å². The van der Waals surface area contributed by atoms with Crippen LogP contribution in [-0.2, 0) is 0 Å². The van der Waals surface area contributed by atoms with Crippen molar-refractivity contribution in [2.24, 2.45) is 11.8 Å². The van der Waals surface area contributed by atoms with Crippen LogP contribution in [0.3, 0.4) is 0 Å². The molecule has 0 aliphatic heterocycles. The first kappa shape index (κ1) is 36.5. The Morgan fingerprint density at radius 3 is 1.08 bits per heavy atom. The SMILES string of the molecule is C=C(CCCCCCCCCCCCCCCCCCCCCC(C)C)CCCCCC(CC)C(=C)C. The van der Waals surface area contributed by atoms with Gasteiger partial charge >= 0.3 is 0 Å². The second-order valence-corrected chi connectivity index (χ2v) is 13.0. The Kier molecular flexibility index (Phi) is 28.1. The molecule has 0 nitrogen and oxygen atoms in total. The Hall–Kier alpha value is -0.520. The van der Waals surface area contributed by atoms with E-state index in [2.05, 4.69) is 40.9 Å². The number of hydrogen-bond donors (Lipinski definition) is 0. The first-order valence-corrected chi connectivity index (χ1v) is 17.3. The average molecular weight is 517 g/mol. The van der Waals surface area contributed by atoms with Crippen LogP contribution in [0.2, 0.25) is 0 Å². The van der Waals surface area contributed by atoms with Gasteiger partial charge in [0.2, 0.25) is 0 Å². The predicted molar refractivity (Wildman–Crippen MR) is 173 cm³/mol. The van der Waals surface area contributed by atoms with Gasteiger partial charge in [-0.3, -0.25) is 0 Å². The normalized spacial score (nSPS) is 12.4. The third kappa shape index (κ3) is 28.3. The molecule has 37 heavy (non-hydrogen) atoms. The van der Waals surface area contributed by atoms with Gasteiger partial charge < -0.3 is 0 Å². The van der Waals surface area contributed by atoms with E-state index in [0.717, 1.165) is 11.8 Å². The highest BCUT2D eigenvalue weighted by Crippen LogP contribution is 2.22. The predicted octanol–water partition coefficient (Wildman–Crippen LogP) is 13.9. The van der Waals surface area contributed by atoms with E-state index in [-0.39, 0.29) is 0 Å². The summed E-state index contributed by atoms with van der Waals surface area (Å²) in [5, 5.41) is 0. The van der Waals surface area contributed by atoms with Gasteiger partial charge in [-0.15, -0.1) is 0 Å². The molecule has 0 aliphatic carbocycles. The van der Waals surface area contributed by atoms with Crippen molar-refractivity contribution in [2.45, 2.75) is 201 Å². The quantitative estimate of drug-likeness (QED) is 0.0657. The molecule has 0 rings (SSSR count). The van der Waals surface area contributed by atoms with Crippen molar-refractivity contribution in [3.8, 4) is 0 Å². The largest absolute Gasteiger partial charge is 0.0999 e. The van der Waals surface area contributed by atoms with E-state index in [1.165, 1.54) is 185 Å². The van der Waals surface area contributed by atoms with Crippen molar-refractivity contribution in [2.75, 3.05) is 0 Å². The minimum atomic E-state index is 0.742. The summed E-state index contributed by atoms with van der Waals surface area (Å²) in [6, 6.07) is 0. The summed E-state index contributed by atoms with van der Waals surface area (Å²) in [5.74, 6) is 1.63. The molecular weight excluding hydrogens is 444 g/mol. The van der Waals surface area contributed by atoms with Crippen molar-refractivity contribution >= 4 is 0 Å². The minimum absolute atomic E-state index is 0.742. The molecule has 0 radical (unpaired) electrons. The van der Waals surface area contributed by atoms with Gasteiger partial charge in [-0.05, 0) is 57.3 Å². The number of hydrogen-bond acceptors (Lipinski definition) is 0. The second-order valence-electron chi connectivity index (χ2n) is 13.0. The Balaban J connectivity index is 3.21. The monoisotopic (exact) mass is 517 g/mol. The van der Waals surface area contributed by atoms with Gasteiger partial charge in [0.25, 0.3) is 0 Å². The third-order valence-electron chi connectivity index (χ3n) is 8.58. The highest BCUT2D eigenvalue weighted by atomic mass is 14.1. The van der Waals surface area contributed by atoms with Crippen LogP contribution in [-0.4, -0.2) is 0 Å². The van der Waals surface area contributed by atoms with Crippen LogP contribution in [0.15, 0.2) is 24.3 Å². The van der Waals surface area contributed by atoms with Crippen molar-refractivity contribution in [3.05, 3.63) is 24.3 Å². The van der Waals surface area contributed by atoms with Crippen LogP contribution < -0.4 is 0 Å². The van der Waals surface area contributed by atoms with Crippen LogP contribution in [0.1, 0.15) is 201 Å². The maximum absolute atomic E-state index is 4.34. The van der Waals surface area contributed by atoms with Gasteiger partial charge in [-0.1, -0.05) is 180 Å². The summed E-state index contributed by atoms with van der Waals surface area (Å²) >= 11 is 0. The van der Waals surface area contributed by atoms with Crippen molar-refractivity contribution in [1.29, 1.82) is 0 Å². The molecule has 0 aromatic carbocycles. The van der Waals surface area contributed by atoms with E-state index in [4.69, 9.17) is 0 Å². The summed E-state index contributed by atoms with van der Waals surface area (Å²) in [7, 11) is 0. The molecule has 0 aromatic heterocycles. The average Bonchev–Trinajstić information content (AvgIpc) is 2.86. The summed E-state index contributed by atoms with van der Waals surface area (Å²) in [4.78, 5) is 0. The zero-order valence-corrected chi connectivity index (χ0v) is 26.7. The van der Waals surface area contributed by atoms with E-state index in [1.807, 2.05) is 0 Å². The van der Waals surface area contributed by atoms with E-state index in [1.54, 1.807) is 0 Å². The molecule has 0 heteroatoms. The molecule has 0 N–H and O–H groups in total. The van der Waals surface area contributed by atoms with Crippen LogP contribution >= 0.6 is 0 Å². The zero-order chi connectivity index (χ0) is 27.4. The molecular formula is C37H72. The van der Waals surface area contributed by atoms with Gasteiger partial charge in [0.1, 0.15) is 0 Å². The van der Waals surface area contributed by atoms with Crippen molar-refractivity contribution in [1.82, 2.24) is 0 Å². The van der Waals surface area contributed by atoms with Crippen LogP contribution in [0.25, 0.3) is 0 Å². The second kappa shape index (κ2) is 28.5. The Bertz CT molecular complexity index is 484. The molecule has 0 saturated carbocycles. The Morgan fingerprint density at radius 2 is 0.757 bits per heavy atom. The summed E-state index contributed by atoms with van der Waals surface area (Å²) in [6.07, 6.45) is 38.3. The van der Waals surface area contributed by atoms with E-state index < -0.39 is 0 Å². The molecule has 0 saturated heterocycles. The van der Waals surface area contributed by atoms with Crippen molar-refractivity contribution < 1.29 is 0 Å². The van der Waals surface area contributed by atoms with Crippen LogP contribution in [0.4, 0.5) is 0 Å². The van der Waals surface area contributed by atoms with Gasteiger partial charge in [0, 0.05) is 0 Å². The highest BCUT2D eigenvalue weighted by molar-refractivity contribution is 4.95. The molecule has 0 spiro atoms. The standard InChI is InChI=1S/C37H72/c1-7-37(35(4)5)33-29-25-28-32-36(6)31-27-24-22-20-18-16-14-12-10-8-9-11-13-15-17-19-21-23-26-30-34(2)3/h34,37H,4,6-33H2,1-3,5H3. The minimum Gasteiger partial charge on any atom is -0.0999 e. The molecule has 1 atom stereocenters. The summed E-state index contributed by atoms with van der Waals surface area (Å²) < 4.78 is 0. The first-order valence-electron chi connectivity index (χ1n) is 17.3. The topological polar surface area (TPSA) is 0 Å². The fourth-order valence-electron chi connectivity index (χ4n) is 5.80. The lowest BCUT2D eigenvalue weighted by Crippen LogP contribution is -1.99. The molecule has 0 heterocycles. The lowest BCUT2D eigenvalue weighted by Gasteiger charge is -2.14.